The van der Waals surface area contributed by atoms with Gasteiger partial charge in [0.1, 0.15) is 0 Å². The van der Waals surface area contributed by atoms with Crippen LogP contribution in [0.3, 0.4) is 0 Å². The summed E-state index contributed by atoms with van der Waals surface area (Å²) >= 11 is 0. The van der Waals surface area contributed by atoms with Gasteiger partial charge in [0.25, 0.3) is 0 Å². The third kappa shape index (κ3) is 2.10. The smallest absolute Gasteiger partial charge is 0.381 e. The predicted molar refractivity (Wildman–Crippen MR) is 32.2 cm³/mol. The monoisotopic (exact) mass is 164 g/mol. The SMILES string of the molecule is C=CC(F)(F)C(=O)C(=O)OC. The van der Waals surface area contributed by atoms with E-state index >= 15 is 0 Å². The maximum absolute atomic E-state index is 12.2. The minimum absolute atomic E-state index is 0.0895. The highest BCUT2D eigenvalue weighted by Gasteiger charge is 2.40. The van der Waals surface area contributed by atoms with E-state index in [2.05, 4.69) is 11.3 Å². The third-order valence-electron chi connectivity index (χ3n) is 0.930. The van der Waals surface area contributed by atoms with Crippen LogP contribution in [-0.2, 0) is 14.3 Å². The average Bonchev–Trinajstić information content (AvgIpc) is 2.01. The minimum atomic E-state index is -3.83. The Morgan fingerprint density at radius 2 is 2.00 bits per heavy atom. The summed E-state index contributed by atoms with van der Waals surface area (Å²) in [6.07, 6.45) is 0.0895. The Kier molecular flexibility index (Phi) is 2.86. The van der Waals surface area contributed by atoms with E-state index in [-0.39, 0.29) is 6.08 Å². The number of methoxy groups -OCH3 is 1. The first kappa shape index (κ1) is 9.74. The summed E-state index contributed by atoms with van der Waals surface area (Å²) in [5, 5.41) is 0. The van der Waals surface area contributed by atoms with Crippen molar-refractivity contribution in [1.29, 1.82) is 0 Å². The molecule has 0 aliphatic carbocycles. The lowest BCUT2D eigenvalue weighted by molar-refractivity contribution is -0.160. The number of Topliss-reactive ketones (excluding diaryl/α,β-unsaturated/α-hetero) is 1. The van der Waals surface area contributed by atoms with E-state index in [9.17, 15) is 18.4 Å². The third-order valence-corrected chi connectivity index (χ3v) is 0.930. The van der Waals surface area contributed by atoms with Crippen LogP contribution in [0.5, 0.6) is 0 Å². The molecule has 0 radical (unpaired) electrons. The van der Waals surface area contributed by atoms with Gasteiger partial charge in [0.2, 0.25) is 0 Å². The van der Waals surface area contributed by atoms with Crippen molar-refractivity contribution in [3.05, 3.63) is 12.7 Å². The Bertz CT molecular complexity index is 198. The Labute approximate surface area is 61.6 Å². The largest absolute Gasteiger partial charge is 0.463 e. The number of carbonyl (C=O) groups excluding carboxylic acids is 2. The van der Waals surface area contributed by atoms with Gasteiger partial charge in [-0.3, -0.25) is 4.79 Å². The fraction of sp³-hybridized carbons (Fsp3) is 0.333. The van der Waals surface area contributed by atoms with Gasteiger partial charge < -0.3 is 4.74 Å². The molecule has 0 amide bonds. The summed E-state index contributed by atoms with van der Waals surface area (Å²) in [6.45, 7) is 2.69. The van der Waals surface area contributed by atoms with Gasteiger partial charge in [-0.15, -0.1) is 0 Å². The minimum Gasteiger partial charge on any atom is -0.463 e. The molecule has 0 atom stereocenters. The number of halogens is 2. The molecule has 0 saturated carbocycles. The van der Waals surface area contributed by atoms with Gasteiger partial charge in [-0.1, -0.05) is 6.58 Å². The molecule has 0 unspecified atom stereocenters. The van der Waals surface area contributed by atoms with Crippen molar-refractivity contribution in [2.75, 3.05) is 7.11 Å². The molecule has 3 nitrogen and oxygen atoms in total. The first-order valence-corrected chi connectivity index (χ1v) is 2.60. The van der Waals surface area contributed by atoms with Crippen molar-refractivity contribution in [1.82, 2.24) is 0 Å². The summed E-state index contributed by atoms with van der Waals surface area (Å²) in [5.41, 5.74) is 0. The van der Waals surface area contributed by atoms with Crippen LogP contribution in [0.15, 0.2) is 12.7 Å². The number of ether oxygens (including phenoxy) is 1. The molecule has 5 heteroatoms. The van der Waals surface area contributed by atoms with Crippen molar-refractivity contribution in [2.45, 2.75) is 5.92 Å². The summed E-state index contributed by atoms with van der Waals surface area (Å²) in [6, 6.07) is 0. The molecule has 0 bridgehead atoms. The molecule has 0 aliphatic heterocycles. The number of alkyl halides is 2. The Balaban J connectivity index is 4.48. The van der Waals surface area contributed by atoms with Crippen molar-refractivity contribution in [2.24, 2.45) is 0 Å². The fourth-order valence-corrected chi connectivity index (χ4v) is 0.321. The summed E-state index contributed by atoms with van der Waals surface area (Å²) < 4.78 is 28.2. The molecule has 0 aromatic carbocycles. The summed E-state index contributed by atoms with van der Waals surface area (Å²) in [5.74, 6) is -7.31. The quantitative estimate of drug-likeness (QED) is 0.347. The topological polar surface area (TPSA) is 43.4 Å². The first-order chi connectivity index (χ1) is 4.95. The molecule has 0 aromatic heterocycles. The van der Waals surface area contributed by atoms with E-state index in [0.29, 0.717) is 0 Å². The van der Waals surface area contributed by atoms with E-state index in [1.54, 1.807) is 0 Å². The zero-order valence-electron chi connectivity index (χ0n) is 5.77. The van der Waals surface area contributed by atoms with Crippen molar-refractivity contribution in [3.8, 4) is 0 Å². The lowest BCUT2D eigenvalue weighted by Gasteiger charge is -2.06. The lowest BCUT2D eigenvalue weighted by atomic mass is 10.2. The normalized spacial score (nSPS) is 10.5. The summed E-state index contributed by atoms with van der Waals surface area (Å²) in [7, 11) is 0.847. The average molecular weight is 164 g/mol. The molecule has 0 rings (SSSR count). The van der Waals surface area contributed by atoms with Crippen LogP contribution >= 0.6 is 0 Å². The van der Waals surface area contributed by atoms with Gasteiger partial charge in [-0.05, 0) is 6.08 Å². The lowest BCUT2D eigenvalue weighted by Crippen LogP contribution is -2.33. The van der Waals surface area contributed by atoms with Gasteiger partial charge in [-0.2, -0.15) is 8.78 Å². The molecule has 0 aromatic rings. The molecule has 0 saturated heterocycles. The van der Waals surface area contributed by atoms with Gasteiger partial charge >= 0.3 is 17.7 Å². The highest BCUT2D eigenvalue weighted by Crippen LogP contribution is 2.15. The van der Waals surface area contributed by atoms with Crippen molar-refractivity contribution >= 4 is 11.8 Å². The van der Waals surface area contributed by atoms with Gasteiger partial charge in [0.15, 0.2) is 0 Å². The second kappa shape index (κ2) is 3.23. The van der Waals surface area contributed by atoms with Crippen LogP contribution in [0.2, 0.25) is 0 Å². The second-order valence-corrected chi connectivity index (χ2v) is 1.65. The van der Waals surface area contributed by atoms with Crippen molar-refractivity contribution in [3.63, 3.8) is 0 Å². The van der Waals surface area contributed by atoms with E-state index in [0.717, 1.165) is 7.11 Å². The van der Waals surface area contributed by atoms with Crippen LogP contribution < -0.4 is 0 Å². The van der Waals surface area contributed by atoms with Crippen LogP contribution in [0.4, 0.5) is 8.78 Å². The number of ketones is 1. The number of esters is 1. The molecule has 0 aliphatic rings. The number of allylic oxidation sites excluding steroid dienone is 1. The van der Waals surface area contributed by atoms with Crippen LogP contribution in [0, 0.1) is 0 Å². The maximum atomic E-state index is 12.2. The number of hydrogen-bond donors (Lipinski definition) is 0. The highest BCUT2D eigenvalue weighted by molar-refractivity contribution is 6.36. The second-order valence-electron chi connectivity index (χ2n) is 1.65. The zero-order chi connectivity index (χ0) is 9.07. The molecule has 0 N–H and O–H groups in total. The Hall–Kier alpha value is -1.26. The predicted octanol–water partition coefficient (Wildman–Crippen LogP) is 0.550. The highest BCUT2D eigenvalue weighted by atomic mass is 19.3. The number of carbonyl (C=O) groups is 2. The standard InChI is InChI=1S/C6H6F2O3/c1-3-6(7,8)4(9)5(10)11-2/h3H,1H2,2H3. The molecule has 0 spiro atoms. The number of rotatable bonds is 3. The number of hydrogen-bond acceptors (Lipinski definition) is 3. The molecule has 0 fully saturated rings. The van der Waals surface area contributed by atoms with E-state index < -0.39 is 17.7 Å². The van der Waals surface area contributed by atoms with Crippen LogP contribution in [0.25, 0.3) is 0 Å². The maximum Gasteiger partial charge on any atom is 0.381 e. The Morgan fingerprint density at radius 3 is 2.27 bits per heavy atom. The van der Waals surface area contributed by atoms with Crippen LogP contribution in [0.1, 0.15) is 0 Å². The van der Waals surface area contributed by atoms with E-state index in [4.69, 9.17) is 0 Å². The first-order valence-electron chi connectivity index (χ1n) is 2.60. The van der Waals surface area contributed by atoms with E-state index in [1.807, 2.05) is 0 Å². The molecule has 62 valence electrons. The molecular formula is C6H6F2O3. The van der Waals surface area contributed by atoms with Crippen LogP contribution in [-0.4, -0.2) is 24.8 Å². The molecule has 0 heterocycles. The summed E-state index contributed by atoms with van der Waals surface area (Å²) in [4.78, 5) is 20.5. The van der Waals surface area contributed by atoms with Gasteiger partial charge in [0, 0.05) is 0 Å². The van der Waals surface area contributed by atoms with Crippen molar-refractivity contribution < 1.29 is 23.1 Å². The van der Waals surface area contributed by atoms with E-state index in [1.165, 1.54) is 0 Å². The Morgan fingerprint density at radius 1 is 1.55 bits per heavy atom. The molecule has 11 heavy (non-hydrogen) atoms. The zero-order valence-corrected chi connectivity index (χ0v) is 5.77. The molecular weight excluding hydrogens is 158 g/mol. The fourth-order valence-electron chi connectivity index (χ4n) is 0.321. The van der Waals surface area contributed by atoms with Gasteiger partial charge in [-0.25, -0.2) is 4.79 Å². The van der Waals surface area contributed by atoms with Gasteiger partial charge in [0.05, 0.1) is 7.11 Å².